The first-order chi connectivity index (χ1) is 19.4. The number of aromatic nitrogens is 3. The lowest BCUT2D eigenvalue weighted by atomic mass is 9.99. The van der Waals surface area contributed by atoms with Crippen molar-refractivity contribution in [2.75, 3.05) is 6.54 Å². The predicted molar refractivity (Wildman–Crippen MR) is 135 cm³/mol. The van der Waals surface area contributed by atoms with Gasteiger partial charge in [-0.3, -0.25) is 9.59 Å². The van der Waals surface area contributed by atoms with Crippen LogP contribution in [0.3, 0.4) is 0 Å². The van der Waals surface area contributed by atoms with E-state index in [0.717, 1.165) is 4.57 Å². The van der Waals surface area contributed by atoms with E-state index >= 15 is 0 Å². The molecule has 2 heterocycles. The van der Waals surface area contributed by atoms with E-state index in [-0.39, 0.29) is 31.0 Å². The van der Waals surface area contributed by atoms with E-state index in [2.05, 4.69) is 20.8 Å². The number of rotatable bonds is 8. The molecular weight excluding hydrogens is 574 g/mol. The summed E-state index contributed by atoms with van der Waals surface area (Å²) in [5.41, 5.74) is -1.19. The van der Waals surface area contributed by atoms with Gasteiger partial charge in [0.2, 0.25) is 17.6 Å². The number of fused-ring (bicyclic) bond motifs is 1. The third-order valence-electron chi connectivity index (χ3n) is 6.30. The van der Waals surface area contributed by atoms with Crippen molar-refractivity contribution < 1.29 is 45.5 Å². The number of alkyl halides is 3. The lowest BCUT2D eigenvalue weighted by Crippen LogP contribution is -2.54. The number of hydrogen-bond acceptors (Lipinski definition) is 6. The standard InChI is InChI=1S/C26H32F6N6O4/c1-13(2)21(34-24(41)42-25(3,4)5)22(40)33-15(8-14-9-17(28)18(29)11-16(14)27)10-20(39)37-6-7-38-19(12-37)35-36-23(38)26(30,31)32/h9,11,13,15,21H,6-8,10,12H2,1-5H3,(H,33,40)(H,34,41). The first-order valence-electron chi connectivity index (χ1n) is 13.1. The average Bonchev–Trinajstić information content (AvgIpc) is 3.28. The largest absolute Gasteiger partial charge is 0.451 e. The highest BCUT2D eigenvalue weighted by atomic mass is 19.4. The predicted octanol–water partition coefficient (Wildman–Crippen LogP) is 3.72. The molecule has 42 heavy (non-hydrogen) atoms. The molecule has 3 rings (SSSR count). The fourth-order valence-electron chi connectivity index (χ4n) is 4.34. The van der Waals surface area contributed by atoms with E-state index in [9.17, 15) is 40.7 Å². The zero-order chi connectivity index (χ0) is 31.6. The quantitative estimate of drug-likeness (QED) is 0.350. The van der Waals surface area contributed by atoms with Crippen LogP contribution in [0.5, 0.6) is 0 Å². The summed E-state index contributed by atoms with van der Waals surface area (Å²) in [5.74, 6) is -7.03. The van der Waals surface area contributed by atoms with Gasteiger partial charge in [0, 0.05) is 31.6 Å². The highest BCUT2D eigenvalue weighted by Crippen LogP contribution is 2.29. The molecule has 1 aromatic carbocycles. The van der Waals surface area contributed by atoms with Gasteiger partial charge in [-0.2, -0.15) is 13.2 Å². The molecule has 3 amide bonds. The van der Waals surface area contributed by atoms with Crippen LogP contribution in [-0.4, -0.2) is 61.8 Å². The molecule has 16 heteroatoms. The monoisotopic (exact) mass is 606 g/mol. The first kappa shape index (κ1) is 32.7. The van der Waals surface area contributed by atoms with Crippen molar-refractivity contribution in [3.63, 3.8) is 0 Å². The Bertz CT molecular complexity index is 1320. The number of benzene rings is 1. The number of amides is 3. The number of alkyl carbamates (subject to hydrolysis) is 1. The van der Waals surface area contributed by atoms with Gasteiger partial charge in [0.1, 0.15) is 17.5 Å². The Labute approximate surface area is 237 Å². The van der Waals surface area contributed by atoms with Gasteiger partial charge in [0.15, 0.2) is 17.5 Å². The van der Waals surface area contributed by atoms with Gasteiger partial charge in [-0.15, -0.1) is 10.2 Å². The Morgan fingerprint density at radius 2 is 1.62 bits per heavy atom. The highest BCUT2D eigenvalue weighted by molar-refractivity contribution is 5.87. The molecule has 2 N–H and O–H groups in total. The summed E-state index contributed by atoms with van der Waals surface area (Å²) in [7, 11) is 0. The number of ether oxygens (including phenoxy) is 1. The summed E-state index contributed by atoms with van der Waals surface area (Å²) in [6, 6.07) is -1.39. The fraction of sp³-hybridized carbons (Fsp3) is 0.577. The Morgan fingerprint density at radius 3 is 2.21 bits per heavy atom. The van der Waals surface area contributed by atoms with E-state index < -0.39 is 83.8 Å². The molecule has 1 aliphatic heterocycles. The summed E-state index contributed by atoms with van der Waals surface area (Å²) in [4.78, 5) is 40.0. The van der Waals surface area contributed by atoms with Gasteiger partial charge >= 0.3 is 12.3 Å². The maximum absolute atomic E-state index is 14.5. The van der Waals surface area contributed by atoms with Crippen molar-refractivity contribution in [3.8, 4) is 0 Å². The van der Waals surface area contributed by atoms with Crippen molar-refractivity contribution in [2.24, 2.45) is 5.92 Å². The molecule has 2 aromatic rings. The lowest BCUT2D eigenvalue weighted by molar-refractivity contribution is -0.148. The minimum Gasteiger partial charge on any atom is -0.444 e. The third-order valence-corrected chi connectivity index (χ3v) is 6.30. The van der Waals surface area contributed by atoms with Gasteiger partial charge in [-0.1, -0.05) is 13.8 Å². The van der Waals surface area contributed by atoms with Gasteiger partial charge in [-0.25, -0.2) is 18.0 Å². The van der Waals surface area contributed by atoms with Gasteiger partial charge in [-0.05, 0) is 44.7 Å². The topological polar surface area (TPSA) is 118 Å². The van der Waals surface area contributed by atoms with Crippen LogP contribution in [0.2, 0.25) is 0 Å². The summed E-state index contributed by atoms with van der Waals surface area (Å²) in [5, 5.41) is 11.7. The SMILES string of the molecule is CC(C)C(NC(=O)OC(C)(C)C)C(=O)NC(CC(=O)N1CCn2c(nnc2C(F)(F)F)C1)Cc1cc(F)c(F)cc1F. The summed E-state index contributed by atoms with van der Waals surface area (Å²) in [6.45, 7) is 7.46. The zero-order valence-corrected chi connectivity index (χ0v) is 23.6. The lowest BCUT2D eigenvalue weighted by Gasteiger charge is -2.31. The molecule has 0 saturated carbocycles. The smallest absolute Gasteiger partial charge is 0.444 e. The Hall–Kier alpha value is -3.85. The number of nitrogens with one attached hydrogen (secondary N) is 2. The second-order valence-electron chi connectivity index (χ2n) is 11.2. The zero-order valence-electron chi connectivity index (χ0n) is 23.6. The van der Waals surface area contributed by atoms with Gasteiger partial charge < -0.3 is 24.8 Å². The normalized spacial score (nSPS) is 15.2. The molecule has 0 saturated heterocycles. The minimum absolute atomic E-state index is 0.101. The van der Waals surface area contributed by atoms with Crippen LogP contribution in [-0.2, 0) is 40.0 Å². The average molecular weight is 607 g/mol. The second kappa shape index (κ2) is 12.6. The van der Waals surface area contributed by atoms with Crippen LogP contribution >= 0.6 is 0 Å². The minimum atomic E-state index is -4.73. The number of carbonyl (C=O) groups excluding carboxylic acids is 3. The Morgan fingerprint density at radius 1 is 0.976 bits per heavy atom. The molecule has 0 spiro atoms. The molecular formula is C26H32F6N6O4. The summed E-state index contributed by atoms with van der Waals surface area (Å²) >= 11 is 0. The third kappa shape index (κ3) is 8.35. The second-order valence-corrected chi connectivity index (χ2v) is 11.2. The van der Waals surface area contributed by atoms with Crippen LogP contribution in [0.1, 0.15) is 58.3 Å². The number of carbonyl (C=O) groups is 3. The van der Waals surface area contributed by atoms with Crippen LogP contribution < -0.4 is 10.6 Å². The van der Waals surface area contributed by atoms with Crippen LogP contribution in [0.25, 0.3) is 0 Å². The van der Waals surface area contributed by atoms with Crippen LogP contribution in [0.15, 0.2) is 12.1 Å². The Balaban J connectivity index is 1.81. The Kier molecular flexibility index (Phi) is 9.77. The summed E-state index contributed by atoms with van der Waals surface area (Å²) in [6.07, 6.45) is -6.55. The molecule has 10 nitrogen and oxygen atoms in total. The van der Waals surface area contributed by atoms with Gasteiger partial charge in [0.25, 0.3) is 0 Å². The molecule has 0 bridgehead atoms. The van der Waals surface area contributed by atoms with Gasteiger partial charge in [0.05, 0.1) is 6.54 Å². The van der Waals surface area contributed by atoms with E-state index in [1.807, 2.05) is 0 Å². The maximum Gasteiger partial charge on any atom is 0.451 e. The van der Waals surface area contributed by atoms with Crippen molar-refractivity contribution in [1.29, 1.82) is 0 Å². The molecule has 1 aromatic heterocycles. The van der Waals surface area contributed by atoms with Crippen molar-refractivity contribution in [3.05, 3.63) is 46.8 Å². The summed E-state index contributed by atoms with van der Waals surface area (Å²) < 4.78 is 87.5. The van der Waals surface area contributed by atoms with Crippen molar-refractivity contribution in [2.45, 2.75) is 84.4 Å². The fourth-order valence-corrected chi connectivity index (χ4v) is 4.34. The maximum atomic E-state index is 14.5. The number of nitrogens with zero attached hydrogens (tertiary/aromatic N) is 4. The number of hydrogen-bond donors (Lipinski definition) is 2. The highest BCUT2D eigenvalue weighted by Gasteiger charge is 2.40. The van der Waals surface area contributed by atoms with Crippen LogP contribution in [0.4, 0.5) is 31.1 Å². The first-order valence-corrected chi connectivity index (χ1v) is 13.1. The van der Waals surface area contributed by atoms with Crippen molar-refractivity contribution >= 4 is 17.9 Å². The molecule has 1 aliphatic rings. The van der Waals surface area contributed by atoms with E-state index in [0.29, 0.717) is 12.1 Å². The molecule has 0 fully saturated rings. The molecule has 232 valence electrons. The molecule has 2 unspecified atom stereocenters. The van der Waals surface area contributed by atoms with Crippen LogP contribution in [0, 0.1) is 23.4 Å². The molecule has 2 atom stereocenters. The van der Waals surface area contributed by atoms with E-state index in [1.165, 1.54) is 4.90 Å². The van der Waals surface area contributed by atoms with E-state index in [4.69, 9.17) is 4.74 Å². The van der Waals surface area contributed by atoms with Crippen molar-refractivity contribution in [1.82, 2.24) is 30.3 Å². The number of halogens is 6. The van der Waals surface area contributed by atoms with E-state index in [1.54, 1.807) is 34.6 Å². The molecule has 0 aliphatic carbocycles. The molecule has 0 radical (unpaired) electrons.